The first kappa shape index (κ1) is 11.9. The molecule has 1 aliphatic heterocycles. The third kappa shape index (κ3) is 2.40. The minimum absolute atomic E-state index is 0.490. The third-order valence-corrected chi connectivity index (χ3v) is 2.76. The van der Waals surface area contributed by atoms with Crippen LogP contribution in [-0.2, 0) is 0 Å². The maximum absolute atomic E-state index is 13.3. The first-order valence-electron chi connectivity index (χ1n) is 5.40. The molecule has 1 fully saturated rings. The summed E-state index contributed by atoms with van der Waals surface area (Å²) < 4.78 is 39.1. The maximum atomic E-state index is 13.3. The monoisotopic (exact) mass is 244 g/mol. The van der Waals surface area contributed by atoms with Crippen molar-refractivity contribution in [3.63, 3.8) is 0 Å². The van der Waals surface area contributed by atoms with Crippen molar-refractivity contribution in [3.05, 3.63) is 29.3 Å². The molecule has 0 N–H and O–H groups in total. The van der Waals surface area contributed by atoms with Gasteiger partial charge in [0.1, 0.15) is 0 Å². The molecule has 17 heavy (non-hydrogen) atoms. The van der Waals surface area contributed by atoms with E-state index in [0.717, 1.165) is 19.3 Å². The normalized spacial score (nSPS) is 16.1. The van der Waals surface area contributed by atoms with E-state index >= 15 is 0 Å². The Morgan fingerprint density at radius 1 is 1.18 bits per heavy atom. The fourth-order valence-corrected chi connectivity index (χ4v) is 1.89. The zero-order valence-electron chi connectivity index (χ0n) is 9.05. The van der Waals surface area contributed by atoms with Gasteiger partial charge in [0.15, 0.2) is 5.82 Å². The second-order valence-electron chi connectivity index (χ2n) is 3.95. The van der Waals surface area contributed by atoms with Crippen LogP contribution in [0.25, 0.3) is 0 Å². The second-order valence-corrected chi connectivity index (χ2v) is 3.95. The molecule has 1 saturated heterocycles. The van der Waals surface area contributed by atoms with Gasteiger partial charge in [-0.15, -0.1) is 0 Å². The minimum atomic E-state index is -1.58. The number of carbonyl (C=O) groups excluding carboxylic acids is 1. The number of carbonyl (C=O) groups is 1. The SMILES string of the molecule is O=C(c1cc(F)nc(F)c1F)N1CCCCC1. The predicted octanol–water partition coefficient (Wildman–Crippen LogP) is 2.12. The molecular formula is C11H11F3N2O. The number of hydrogen-bond acceptors (Lipinski definition) is 2. The van der Waals surface area contributed by atoms with E-state index in [1.54, 1.807) is 0 Å². The number of amides is 1. The first-order valence-corrected chi connectivity index (χ1v) is 5.40. The summed E-state index contributed by atoms with van der Waals surface area (Å²) in [5.41, 5.74) is -0.586. The van der Waals surface area contributed by atoms with E-state index in [4.69, 9.17) is 0 Å². The molecule has 0 spiro atoms. The summed E-state index contributed by atoms with van der Waals surface area (Å²) in [4.78, 5) is 15.9. The number of nitrogens with zero attached hydrogens (tertiary/aromatic N) is 2. The smallest absolute Gasteiger partial charge is 0.257 e. The third-order valence-electron chi connectivity index (χ3n) is 2.76. The molecule has 1 amide bonds. The lowest BCUT2D eigenvalue weighted by molar-refractivity contribution is 0.0717. The van der Waals surface area contributed by atoms with Gasteiger partial charge in [0, 0.05) is 19.2 Å². The van der Waals surface area contributed by atoms with E-state index in [-0.39, 0.29) is 0 Å². The molecule has 0 aromatic carbocycles. The van der Waals surface area contributed by atoms with Crippen molar-refractivity contribution < 1.29 is 18.0 Å². The summed E-state index contributed by atoms with van der Waals surface area (Å²) in [5, 5.41) is 0. The van der Waals surface area contributed by atoms with Crippen LogP contribution in [0.5, 0.6) is 0 Å². The predicted molar refractivity (Wildman–Crippen MR) is 53.9 cm³/mol. The van der Waals surface area contributed by atoms with Crippen molar-refractivity contribution >= 4 is 5.91 Å². The Bertz CT molecular complexity index is 445. The number of rotatable bonds is 1. The van der Waals surface area contributed by atoms with Gasteiger partial charge < -0.3 is 4.90 Å². The van der Waals surface area contributed by atoms with Gasteiger partial charge in [-0.1, -0.05) is 0 Å². The number of likely N-dealkylation sites (tertiary alicyclic amines) is 1. The van der Waals surface area contributed by atoms with Crippen molar-refractivity contribution in [2.24, 2.45) is 0 Å². The number of hydrogen-bond donors (Lipinski definition) is 0. The number of piperidine rings is 1. The topological polar surface area (TPSA) is 33.2 Å². The molecule has 0 bridgehead atoms. The van der Waals surface area contributed by atoms with Gasteiger partial charge in [-0.05, 0) is 19.3 Å². The zero-order valence-corrected chi connectivity index (χ0v) is 9.05. The first-order chi connectivity index (χ1) is 8.09. The Labute approximate surface area is 96.3 Å². The molecule has 0 saturated carbocycles. The van der Waals surface area contributed by atoms with Gasteiger partial charge in [-0.3, -0.25) is 4.79 Å². The van der Waals surface area contributed by atoms with E-state index < -0.39 is 29.2 Å². The number of pyridine rings is 1. The average Bonchev–Trinajstić information content (AvgIpc) is 2.34. The van der Waals surface area contributed by atoms with Crippen LogP contribution in [0.1, 0.15) is 29.6 Å². The molecule has 2 heterocycles. The highest BCUT2D eigenvalue weighted by molar-refractivity contribution is 5.94. The van der Waals surface area contributed by atoms with Crippen LogP contribution in [0, 0.1) is 17.7 Å². The van der Waals surface area contributed by atoms with Crippen molar-refractivity contribution in [2.75, 3.05) is 13.1 Å². The van der Waals surface area contributed by atoms with Crippen LogP contribution in [-0.4, -0.2) is 28.9 Å². The summed E-state index contributed by atoms with van der Waals surface area (Å²) in [6, 6.07) is 0.634. The quantitative estimate of drug-likeness (QED) is 0.709. The molecule has 0 atom stereocenters. The number of aromatic nitrogens is 1. The van der Waals surface area contributed by atoms with E-state index in [0.29, 0.717) is 19.2 Å². The van der Waals surface area contributed by atoms with E-state index in [9.17, 15) is 18.0 Å². The van der Waals surface area contributed by atoms with E-state index in [1.807, 2.05) is 0 Å². The lowest BCUT2D eigenvalue weighted by atomic mass is 10.1. The largest absolute Gasteiger partial charge is 0.339 e. The maximum Gasteiger partial charge on any atom is 0.257 e. The molecule has 0 radical (unpaired) electrons. The average molecular weight is 244 g/mol. The van der Waals surface area contributed by atoms with Gasteiger partial charge in [0.05, 0.1) is 5.56 Å². The summed E-state index contributed by atoms with van der Waals surface area (Å²) in [6.07, 6.45) is 2.65. The number of halogens is 3. The van der Waals surface area contributed by atoms with Gasteiger partial charge >= 0.3 is 0 Å². The van der Waals surface area contributed by atoms with Crippen LogP contribution in [0.2, 0.25) is 0 Å². The summed E-state index contributed by atoms with van der Waals surface area (Å²) in [7, 11) is 0. The van der Waals surface area contributed by atoms with Crippen LogP contribution in [0.4, 0.5) is 13.2 Å². The van der Waals surface area contributed by atoms with Crippen LogP contribution < -0.4 is 0 Å². The molecule has 1 aliphatic rings. The molecule has 0 unspecified atom stereocenters. The highest BCUT2D eigenvalue weighted by atomic mass is 19.2. The summed E-state index contributed by atoms with van der Waals surface area (Å²) in [6.45, 7) is 0.980. The van der Waals surface area contributed by atoms with Crippen molar-refractivity contribution in [1.82, 2.24) is 9.88 Å². The lowest BCUT2D eigenvalue weighted by Crippen LogP contribution is -2.36. The van der Waals surface area contributed by atoms with Crippen molar-refractivity contribution in [3.8, 4) is 0 Å². The second kappa shape index (κ2) is 4.73. The molecule has 3 nitrogen and oxygen atoms in total. The Kier molecular flexibility index (Phi) is 3.31. The van der Waals surface area contributed by atoms with Gasteiger partial charge in [0.25, 0.3) is 11.9 Å². The van der Waals surface area contributed by atoms with Crippen molar-refractivity contribution in [2.45, 2.75) is 19.3 Å². The molecule has 92 valence electrons. The fourth-order valence-electron chi connectivity index (χ4n) is 1.89. The summed E-state index contributed by atoms with van der Waals surface area (Å²) >= 11 is 0. The zero-order chi connectivity index (χ0) is 12.4. The Morgan fingerprint density at radius 2 is 1.82 bits per heavy atom. The van der Waals surface area contributed by atoms with Crippen LogP contribution in [0.3, 0.4) is 0 Å². The highest BCUT2D eigenvalue weighted by Crippen LogP contribution is 2.17. The highest BCUT2D eigenvalue weighted by Gasteiger charge is 2.24. The van der Waals surface area contributed by atoms with Gasteiger partial charge in [-0.25, -0.2) is 4.39 Å². The molecule has 1 aromatic rings. The standard InChI is InChI=1S/C11H11F3N2O/c12-8-6-7(9(13)10(14)15-8)11(17)16-4-2-1-3-5-16/h6H,1-5H2. The molecule has 2 rings (SSSR count). The molecule has 0 aliphatic carbocycles. The molecule has 6 heteroatoms. The summed E-state index contributed by atoms with van der Waals surface area (Å²) in [5.74, 6) is -4.83. The van der Waals surface area contributed by atoms with E-state index in [2.05, 4.69) is 4.98 Å². The van der Waals surface area contributed by atoms with Crippen LogP contribution >= 0.6 is 0 Å². The van der Waals surface area contributed by atoms with Gasteiger partial charge in [0.2, 0.25) is 5.95 Å². The van der Waals surface area contributed by atoms with E-state index in [1.165, 1.54) is 4.90 Å². The molecule has 1 aromatic heterocycles. The fraction of sp³-hybridized carbons (Fsp3) is 0.455. The Balaban J connectivity index is 2.29. The van der Waals surface area contributed by atoms with Gasteiger partial charge in [-0.2, -0.15) is 13.8 Å². The lowest BCUT2D eigenvalue weighted by Gasteiger charge is -2.26. The Morgan fingerprint density at radius 3 is 2.47 bits per heavy atom. The van der Waals surface area contributed by atoms with Crippen molar-refractivity contribution in [1.29, 1.82) is 0 Å². The van der Waals surface area contributed by atoms with Crippen LogP contribution in [0.15, 0.2) is 6.07 Å². The Hall–Kier alpha value is -1.59. The minimum Gasteiger partial charge on any atom is -0.339 e. The molecular weight excluding hydrogens is 233 g/mol.